The molecule has 0 amide bonds. The molecule has 0 heterocycles. The van der Waals surface area contributed by atoms with Crippen molar-refractivity contribution in [3.05, 3.63) is 35.9 Å². The zero-order valence-corrected chi connectivity index (χ0v) is 14.5. The minimum absolute atomic E-state index is 0.233. The molecule has 120 valence electrons. The van der Waals surface area contributed by atoms with E-state index in [1.807, 2.05) is 6.07 Å². The standard InChI is InChI=1S/C15H28N2O3Si/c1-5-16-12-15(13-21(18-2,19-3)20-4)17-11-14-9-7-6-8-10-14/h6-10,15-17H,5,11-13H2,1-4H3. The number of nitrogens with one attached hydrogen (secondary N) is 2. The summed E-state index contributed by atoms with van der Waals surface area (Å²) in [5.41, 5.74) is 1.26. The molecule has 0 saturated heterocycles. The average molecular weight is 312 g/mol. The van der Waals surface area contributed by atoms with Crippen LogP contribution in [-0.2, 0) is 19.8 Å². The van der Waals surface area contributed by atoms with Crippen molar-refractivity contribution in [2.45, 2.75) is 25.6 Å². The van der Waals surface area contributed by atoms with Gasteiger partial charge in [-0.05, 0) is 12.1 Å². The zero-order valence-electron chi connectivity index (χ0n) is 13.5. The molecular weight excluding hydrogens is 284 g/mol. The highest BCUT2D eigenvalue weighted by Crippen LogP contribution is 2.15. The molecule has 1 rings (SSSR count). The molecule has 0 aromatic heterocycles. The van der Waals surface area contributed by atoms with Crippen LogP contribution in [0.25, 0.3) is 0 Å². The van der Waals surface area contributed by atoms with Crippen LogP contribution in [-0.4, -0.2) is 49.3 Å². The van der Waals surface area contributed by atoms with E-state index in [0.29, 0.717) is 0 Å². The minimum Gasteiger partial charge on any atom is -0.377 e. The Balaban J connectivity index is 2.62. The molecule has 2 N–H and O–H groups in total. The largest absolute Gasteiger partial charge is 0.501 e. The van der Waals surface area contributed by atoms with Crippen LogP contribution in [0.3, 0.4) is 0 Å². The third kappa shape index (κ3) is 6.25. The number of likely N-dealkylation sites (N-methyl/N-ethyl adjacent to an activating group) is 1. The van der Waals surface area contributed by atoms with Crippen molar-refractivity contribution >= 4 is 8.80 Å². The van der Waals surface area contributed by atoms with Crippen LogP contribution in [0.1, 0.15) is 12.5 Å². The van der Waals surface area contributed by atoms with E-state index in [0.717, 1.165) is 25.7 Å². The van der Waals surface area contributed by atoms with Crippen molar-refractivity contribution in [3.63, 3.8) is 0 Å². The first-order valence-electron chi connectivity index (χ1n) is 7.33. The Hall–Kier alpha value is -0.763. The van der Waals surface area contributed by atoms with Gasteiger partial charge in [0.15, 0.2) is 0 Å². The molecule has 0 aliphatic carbocycles. The second-order valence-electron chi connectivity index (χ2n) is 4.87. The Kier molecular flexibility index (Phi) is 8.75. The van der Waals surface area contributed by atoms with Crippen LogP contribution >= 0.6 is 0 Å². The van der Waals surface area contributed by atoms with Gasteiger partial charge in [-0.1, -0.05) is 37.3 Å². The molecule has 21 heavy (non-hydrogen) atoms. The van der Waals surface area contributed by atoms with Gasteiger partial charge in [-0.15, -0.1) is 0 Å². The maximum atomic E-state index is 5.53. The third-order valence-corrected chi connectivity index (χ3v) is 6.37. The maximum absolute atomic E-state index is 5.53. The topological polar surface area (TPSA) is 51.8 Å². The molecular formula is C15H28N2O3Si. The van der Waals surface area contributed by atoms with E-state index in [1.165, 1.54) is 5.56 Å². The van der Waals surface area contributed by atoms with Crippen molar-refractivity contribution in [2.24, 2.45) is 0 Å². The number of hydrogen-bond donors (Lipinski definition) is 2. The Morgan fingerprint density at radius 1 is 1.05 bits per heavy atom. The van der Waals surface area contributed by atoms with Gasteiger partial charge in [0.2, 0.25) is 0 Å². The van der Waals surface area contributed by atoms with Gasteiger partial charge in [0.05, 0.1) is 0 Å². The molecule has 0 bridgehead atoms. The average Bonchev–Trinajstić information content (AvgIpc) is 2.56. The summed E-state index contributed by atoms with van der Waals surface area (Å²) in [4.78, 5) is 0. The molecule has 1 atom stereocenters. The lowest BCUT2D eigenvalue weighted by molar-refractivity contribution is 0.119. The van der Waals surface area contributed by atoms with Crippen LogP contribution in [0.5, 0.6) is 0 Å². The predicted molar refractivity (Wildman–Crippen MR) is 87.2 cm³/mol. The van der Waals surface area contributed by atoms with Crippen molar-refractivity contribution in [1.82, 2.24) is 10.6 Å². The highest BCUT2D eigenvalue weighted by molar-refractivity contribution is 6.60. The maximum Gasteiger partial charge on any atom is 0.501 e. The Morgan fingerprint density at radius 3 is 2.19 bits per heavy atom. The Labute approximate surface area is 129 Å². The fourth-order valence-corrected chi connectivity index (χ4v) is 4.09. The molecule has 1 aromatic rings. The van der Waals surface area contributed by atoms with Gasteiger partial charge in [-0.25, -0.2) is 0 Å². The van der Waals surface area contributed by atoms with Crippen LogP contribution in [0.15, 0.2) is 30.3 Å². The van der Waals surface area contributed by atoms with Crippen molar-refractivity contribution < 1.29 is 13.3 Å². The van der Waals surface area contributed by atoms with E-state index in [-0.39, 0.29) is 6.04 Å². The summed E-state index contributed by atoms with van der Waals surface area (Å²) in [5, 5.41) is 6.93. The minimum atomic E-state index is -2.57. The first kappa shape index (κ1) is 18.3. The summed E-state index contributed by atoms with van der Waals surface area (Å²) in [6.07, 6.45) is 0. The summed E-state index contributed by atoms with van der Waals surface area (Å²) < 4.78 is 16.6. The van der Waals surface area contributed by atoms with Crippen molar-refractivity contribution in [1.29, 1.82) is 0 Å². The van der Waals surface area contributed by atoms with Crippen molar-refractivity contribution in [3.8, 4) is 0 Å². The molecule has 1 unspecified atom stereocenters. The lowest BCUT2D eigenvalue weighted by atomic mass is 10.2. The van der Waals surface area contributed by atoms with E-state index in [9.17, 15) is 0 Å². The molecule has 0 spiro atoms. The Bertz CT molecular complexity index is 366. The third-order valence-electron chi connectivity index (χ3n) is 3.51. The van der Waals surface area contributed by atoms with Gasteiger partial charge in [0, 0.05) is 46.5 Å². The van der Waals surface area contributed by atoms with Gasteiger partial charge in [-0.3, -0.25) is 0 Å². The van der Waals surface area contributed by atoms with Crippen LogP contribution in [0.2, 0.25) is 6.04 Å². The lowest BCUT2D eigenvalue weighted by Crippen LogP contribution is -2.51. The van der Waals surface area contributed by atoms with E-state index >= 15 is 0 Å². The van der Waals surface area contributed by atoms with Crippen LogP contribution in [0, 0.1) is 0 Å². The molecule has 6 heteroatoms. The highest BCUT2D eigenvalue weighted by Gasteiger charge is 2.40. The first-order chi connectivity index (χ1) is 10.2. The molecule has 0 fully saturated rings. The number of hydrogen-bond acceptors (Lipinski definition) is 5. The predicted octanol–water partition coefficient (Wildman–Crippen LogP) is 1.63. The van der Waals surface area contributed by atoms with E-state index in [4.69, 9.17) is 13.3 Å². The Morgan fingerprint density at radius 2 is 1.67 bits per heavy atom. The summed E-state index contributed by atoms with van der Waals surface area (Å²) in [5.74, 6) is 0. The summed E-state index contributed by atoms with van der Waals surface area (Å²) >= 11 is 0. The molecule has 5 nitrogen and oxygen atoms in total. The van der Waals surface area contributed by atoms with Crippen LogP contribution < -0.4 is 10.6 Å². The monoisotopic (exact) mass is 312 g/mol. The second kappa shape index (κ2) is 10.0. The molecule has 0 saturated carbocycles. The van der Waals surface area contributed by atoms with Gasteiger partial charge < -0.3 is 23.9 Å². The molecule has 0 radical (unpaired) electrons. The zero-order chi connectivity index (χ0) is 15.6. The summed E-state index contributed by atoms with van der Waals surface area (Å²) in [7, 11) is 2.39. The fraction of sp³-hybridized carbons (Fsp3) is 0.600. The van der Waals surface area contributed by atoms with E-state index < -0.39 is 8.80 Å². The number of benzene rings is 1. The quantitative estimate of drug-likeness (QED) is 0.608. The number of rotatable bonds is 11. The SMILES string of the molecule is CCNCC(C[Si](OC)(OC)OC)NCc1ccccc1. The van der Waals surface area contributed by atoms with Crippen molar-refractivity contribution in [2.75, 3.05) is 34.4 Å². The molecule has 1 aromatic carbocycles. The fourth-order valence-electron chi connectivity index (χ4n) is 2.19. The van der Waals surface area contributed by atoms with Crippen LogP contribution in [0.4, 0.5) is 0 Å². The van der Waals surface area contributed by atoms with Gasteiger partial charge >= 0.3 is 8.80 Å². The first-order valence-corrected chi connectivity index (χ1v) is 9.26. The summed E-state index contributed by atoms with van der Waals surface area (Å²) in [6.45, 7) is 4.71. The van der Waals surface area contributed by atoms with E-state index in [1.54, 1.807) is 21.3 Å². The molecule has 0 aliphatic heterocycles. The van der Waals surface area contributed by atoms with E-state index in [2.05, 4.69) is 41.8 Å². The smallest absolute Gasteiger partial charge is 0.377 e. The second-order valence-corrected chi connectivity index (χ2v) is 7.87. The van der Waals surface area contributed by atoms with Gasteiger partial charge in [0.25, 0.3) is 0 Å². The van der Waals surface area contributed by atoms with Gasteiger partial charge in [0.1, 0.15) is 0 Å². The molecule has 0 aliphatic rings. The normalized spacial score (nSPS) is 13.3. The highest BCUT2D eigenvalue weighted by atomic mass is 28.4. The summed E-state index contributed by atoms with van der Waals surface area (Å²) in [6, 6.07) is 11.3. The lowest BCUT2D eigenvalue weighted by Gasteiger charge is -2.29. The van der Waals surface area contributed by atoms with Gasteiger partial charge in [-0.2, -0.15) is 0 Å².